The highest BCUT2D eigenvalue weighted by molar-refractivity contribution is 6.37. The van der Waals surface area contributed by atoms with Gasteiger partial charge in [0.2, 0.25) is 0 Å². The van der Waals surface area contributed by atoms with E-state index in [0.29, 0.717) is 28.0 Å². The summed E-state index contributed by atoms with van der Waals surface area (Å²) in [6.07, 6.45) is 3.15. The molecule has 0 aliphatic heterocycles. The average molecular weight is 301 g/mol. The van der Waals surface area contributed by atoms with Crippen LogP contribution in [0.2, 0.25) is 10.0 Å². The zero-order chi connectivity index (χ0) is 13.8. The van der Waals surface area contributed by atoms with Crippen molar-refractivity contribution in [2.24, 2.45) is 0 Å². The van der Waals surface area contributed by atoms with E-state index in [9.17, 15) is 0 Å². The highest BCUT2D eigenvalue weighted by Gasteiger charge is 2.17. The van der Waals surface area contributed by atoms with Gasteiger partial charge in [-0.3, -0.25) is 5.10 Å². The van der Waals surface area contributed by atoms with Crippen molar-refractivity contribution in [2.45, 2.75) is 12.8 Å². The molecule has 0 spiro atoms. The molecule has 0 amide bonds. The molecule has 4 nitrogen and oxygen atoms in total. The maximum atomic E-state index is 6.29. The van der Waals surface area contributed by atoms with Crippen LogP contribution in [-0.4, -0.2) is 24.4 Å². The lowest BCUT2D eigenvalue weighted by Crippen LogP contribution is -1.98. The number of nitrogens with zero attached hydrogens (tertiary/aromatic N) is 1. The fraction of sp³-hybridized carbons (Fsp3) is 0.308. The standard InChI is InChI=1S/C13H14Cl2N2O2/c1-18-10-7-11(19-2)13(15)9(12(10)14)4-3-8-5-6-16-17-8/h5-7H,3-4H2,1-2H3,(H,16,17). The average Bonchev–Trinajstić information content (AvgIpc) is 2.92. The van der Waals surface area contributed by atoms with Crippen LogP contribution in [0.5, 0.6) is 11.5 Å². The number of H-pyrrole nitrogens is 1. The molecular weight excluding hydrogens is 287 g/mol. The summed E-state index contributed by atoms with van der Waals surface area (Å²) in [4.78, 5) is 0. The lowest BCUT2D eigenvalue weighted by molar-refractivity contribution is 0.393. The van der Waals surface area contributed by atoms with Crippen LogP contribution in [0.4, 0.5) is 0 Å². The Morgan fingerprint density at radius 1 is 1.11 bits per heavy atom. The lowest BCUT2D eigenvalue weighted by atomic mass is 10.1. The van der Waals surface area contributed by atoms with Crippen molar-refractivity contribution in [3.8, 4) is 11.5 Å². The van der Waals surface area contributed by atoms with E-state index in [1.807, 2.05) is 6.07 Å². The Bertz CT molecular complexity index is 528. The number of halogens is 2. The summed E-state index contributed by atoms with van der Waals surface area (Å²) in [5.74, 6) is 1.12. The van der Waals surface area contributed by atoms with E-state index >= 15 is 0 Å². The Morgan fingerprint density at radius 2 is 1.74 bits per heavy atom. The number of ether oxygens (including phenoxy) is 2. The van der Waals surface area contributed by atoms with Crippen LogP contribution in [0.3, 0.4) is 0 Å². The van der Waals surface area contributed by atoms with E-state index in [4.69, 9.17) is 32.7 Å². The van der Waals surface area contributed by atoms with Crippen LogP contribution in [-0.2, 0) is 12.8 Å². The summed E-state index contributed by atoms with van der Waals surface area (Å²) in [7, 11) is 3.13. The Kier molecular flexibility index (Phi) is 4.56. The molecule has 2 rings (SSSR count). The van der Waals surface area contributed by atoms with Crippen molar-refractivity contribution in [3.63, 3.8) is 0 Å². The normalized spacial score (nSPS) is 10.5. The van der Waals surface area contributed by atoms with Gasteiger partial charge in [0, 0.05) is 18.0 Å². The second-order valence-electron chi connectivity index (χ2n) is 3.97. The Balaban J connectivity index is 2.31. The molecule has 1 N–H and O–H groups in total. The molecule has 0 radical (unpaired) electrons. The van der Waals surface area contributed by atoms with Gasteiger partial charge in [0.15, 0.2) is 0 Å². The van der Waals surface area contributed by atoms with Gasteiger partial charge in [0.05, 0.1) is 24.3 Å². The molecule has 102 valence electrons. The number of hydrogen-bond acceptors (Lipinski definition) is 3. The Hall–Kier alpha value is -1.39. The van der Waals surface area contributed by atoms with Crippen molar-refractivity contribution < 1.29 is 9.47 Å². The van der Waals surface area contributed by atoms with Gasteiger partial charge in [0.25, 0.3) is 0 Å². The number of aromatic amines is 1. The minimum absolute atomic E-state index is 0.521. The number of benzene rings is 1. The zero-order valence-electron chi connectivity index (χ0n) is 10.7. The zero-order valence-corrected chi connectivity index (χ0v) is 12.2. The van der Waals surface area contributed by atoms with Crippen molar-refractivity contribution in [1.82, 2.24) is 10.2 Å². The van der Waals surface area contributed by atoms with E-state index < -0.39 is 0 Å². The SMILES string of the molecule is COc1cc(OC)c(Cl)c(CCc2ccn[nH]2)c1Cl. The van der Waals surface area contributed by atoms with Gasteiger partial charge in [0.1, 0.15) is 11.5 Å². The molecule has 0 fully saturated rings. The number of hydrogen-bond donors (Lipinski definition) is 1. The predicted molar refractivity (Wildman–Crippen MR) is 75.6 cm³/mol. The predicted octanol–water partition coefficient (Wildman–Crippen LogP) is 3.52. The Labute approximate surface area is 121 Å². The molecule has 0 aliphatic rings. The third-order valence-electron chi connectivity index (χ3n) is 2.87. The van der Waals surface area contributed by atoms with Gasteiger partial charge in [-0.2, -0.15) is 5.10 Å². The fourth-order valence-electron chi connectivity index (χ4n) is 1.84. The van der Waals surface area contributed by atoms with Crippen molar-refractivity contribution in [1.29, 1.82) is 0 Å². The maximum absolute atomic E-state index is 6.29. The third kappa shape index (κ3) is 2.96. The van der Waals surface area contributed by atoms with Gasteiger partial charge in [-0.05, 0) is 24.5 Å². The van der Waals surface area contributed by atoms with Crippen molar-refractivity contribution in [3.05, 3.63) is 39.6 Å². The van der Waals surface area contributed by atoms with Gasteiger partial charge < -0.3 is 9.47 Å². The number of aryl methyl sites for hydroxylation is 1. The molecule has 1 aromatic heterocycles. The molecule has 0 bridgehead atoms. The third-order valence-corrected chi connectivity index (χ3v) is 3.70. The first-order valence-electron chi connectivity index (χ1n) is 5.74. The summed E-state index contributed by atoms with van der Waals surface area (Å²) in [6.45, 7) is 0. The van der Waals surface area contributed by atoms with E-state index in [2.05, 4.69) is 10.2 Å². The summed E-state index contributed by atoms with van der Waals surface area (Å²) in [5.41, 5.74) is 1.84. The molecule has 2 aromatic rings. The van der Waals surface area contributed by atoms with Crippen LogP contribution < -0.4 is 9.47 Å². The number of nitrogens with one attached hydrogen (secondary N) is 1. The smallest absolute Gasteiger partial charge is 0.141 e. The highest BCUT2D eigenvalue weighted by Crippen LogP contribution is 2.40. The number of rotatable bonds is 5. The van der Waals surface area contributed by atoms with Crippen LogP contribution in [0.25, 0.3) is 0 Å². The van der Waals surface area contributed by atoms with Gasteiger partial charge in [-0.1, -0.05) is 23.2 Å². The van der Waals surface area contributed by atoms with Gasteiger partial charge in [-0.25, -0.2) is 0 Å². The van der Waals surface area contributed by atoms with Crippen LogP contribution in [0.1, 0.15) is 11.3 Å². The fourth-order valence-corrected chi connectivity index (χ4v) is 2.53. The first-order chi connectivity index (χ1) is 9.17. The molecule has 0 atom stereocenters. The molecule has 1 aromatic carbocycles. The van der Waals surface area contributed by atoms with E-state index in [1.165, 1.54) is 0 Å². The number of aromatic nitrogens is 2. The van der Waals surface area contributed by atoms with E-state index in [0.717, 1.165) is 17.7 Å². The molecule has 0 unspecified atom stereocenters. The van der Waals surface area contributed by atoms with Crippen molar-refractivity contribution in [2.75, 3.05) is 14.2 Å². The van der Waals surface area contributed by atoms with E-state index in [-0.39, 0.29) is 0 Å². The first-order valence-corrected chi connectivity index (χ1v) is 6.50. The van der Waals surface area contributed by atoms with Gasteiger partial charge in [-0.15, -0.1) is 0 Å². The second kappa shape index (κ2) is 6.17. The highest BCUT2D eigenvalue weighted by atomic mass is 35.5. The molecule has 0 saturated heterocycles. The lowest BCUT2D eigenvalue weighted by Gasteiger charge is -2.14. The minimum atomic E-state index is 0.521. The monoisotopic (exact) mass is 300 g/mol. The molecular formula is C13H14Cl2N2O2. The second-order valence-corrected chi connectivity index (χ2v) is 4.73. The summed E-state index contributed by atoms with van der Waals surface area (Å²) >= 11 is 12.6. The topological polar surface area (TPSA) is 47.1 Å². The molecule has 0 saturated carbocycles. The van der Waals surface area contributed by atoms with Crippen molar-refractivity contribution >= 4 is 23.2 Å². The molecule has 1 heterocycles. The molecule has 6 heteroatoms. The summed E-state index contributed by atoms with van der Waals surface area (Å²) < 4.78 is 10.5. The summed E-state index contributed by atoms with van der Waals surface area (Å²) in [6, 6.07) is 3.60. The summed E-state index contributed by atoms with van der Waals surface area (Å²) in [5, 5.41) is 7.85. The van der Waals surface area contributed by atoms with Crippen LogP contribution in [0.15, 0.2) is 18.3 Å². The first kappa shape index (κ1) is 14.0. The van der Waals surface area contributed by atoms with Crippen LogP contribution >= 0.6 is 23.2 Å². The minimum Gasteiger partial charge on any atom is -0.495 e. The number of methoxy groups -OCH3 is 2. The van der Waals surface area contributed by atoms with E-state index in [1.54, 1.807) is 26.5 Å². The van der Waals surface area contributed by atoms with Gasteiger partial charge >= 0.3 is 0 Å². The molecule has 19 heavy (non-hydrogen) atoms. The molecule has 0 aliphatic carbocycles. The Morgan fingerprint density at radius 3 is 2.21 bits per heavy atom. The largest absolute Gasteiger partial charge is 0.495 e. The van der Waals surface area contributed by atoms with Crippen LogP contribution in [0, 0.1) is 0 Å². The quantitative estimate of drug-likeness (QED) is 0.919. The maximum Gasteiger partial charge on any atom is 0.141 e.